The zero-order valence-electron chi connectivity index (χ0n) is 8.68. The van der Waals surface area contributed by atoms with Gasteiger partial charge in [-0.3, -0.25) is 4.98 Å². The lowest BCUT2D eigenvalue weighted by Crippen LogP contribution is -2.46. The molecule has 1 aromatic heterocycles. The number of aromatic nitrogens is 1. The quantitative estimate of drug-likeness (QED) is 0.723. The van der Waals surface area contributed by atoms with Gasteiger partial charge in [0.2, 0.25) is 0 Å². The standard InChI is InChI=1S/C13H10N2O/c14-7-13(8-16-9-13)12-6-5-10-3-1-2-4-11(10)15-12/h1-6H,8-9H2. The number of nitriles is 1. The first kappa shape index (κ1) is 9.32. The van der Waals surface area contributed by atoms with Gasteiger partial charge in [0.05, 0.1) is 30.5 Å². The van der Waals surface area contributed by atoms with Crippen LogP contribution in [-0.2, 0) is 10.2 Å². The SMILES string of the molecule is N#CC1(c2ccc3ccccc3n2)COC1. The number of hydrogen-bond acceptors (Lipinski definition) is 3. The van der Waals surface area contributed by atoms with Crippen molar-refractivity contribution in [1.29, 1.82) is 5.26 Å². The molecule has 0 atom stereocenters. The van der Waals surface area contributed by atoms with Crippen molar-refractivity contribution in [2.24, 2.45) is 0 Å². The maximum atomic E-state index is 9.19. The van der Waals surface area contributed by atoms with Gasteiger partial charge in [-0.25, -0.2) is 0 Å². The summed E-state index contributed by atoms with van der Waals surface area (Å²) >= 11 is 0. The van der Waals surface area contributed by atoms with E-state index in [1.54, 1.807) is 0 Å². The summed E-state index contributed by atoms with van der Waals surface area (Å²) in [6.07, 6.45) is 0. The molecule has 1 saturated heterocycles. The number of ether oxygens (including phenoxy) is 1. The third kappa shape index (κ3) is 1.21. The Bertz CT molecular complexity index is 582. The number of nitrogens with zero attached hydrogens (tertiary/aromatic N) is 2. The molecule has 0 saturated carbocycles. The second kappa shape index (κ2) is 3.29. The fourth-order valence-electron chi connectivity index (χ4n) is 1.91. The zero-order chi connectivity index (χ0) is 11.0. The summed E-state index contributed by atoms with van der Waals surface area (Å²) in [5.74, 6) is 0. The molecule has 0 radical (unpaired) electrons. The molecule has 2 heterocycles. The van der Waals surface area contributed by atoms with E-state index in [9.17, 15) is 5.26 Å². The summed E-state index contributed by atoms with van der Waals surface area (Å²) in [6, 6.07) is 14.2. The van der Waals surface area contributed by atoms with Gasteiger partial charge in [0, 0.05) is 5.39 Å². The molecule has 1 fully saturated rings. The third-order valence-electron chi connectivity index (χ3n) is 3.00. The summed E-state index contributed by atoms with van der Waals surface area (Å²) in [6.45, 7) is 0.906. The van der Waals surface area contributed by atoms with Gasteiger partial charge in [-0.15, -0.1) is 0 Å². The van der Waals surface area contributed by atoms with E-state index in [-0.39, 0.29) is 0 Å². The van der Waals surface area contributed by atoms with Crippen molar-refractivity contribution >= 4 is 10.9 Å². The Kier molecular flexibility index (Phi) is 1.92. The van der Waals surface area contributed by atoms with Crippen molar-refractivity contribution < 1.29 is 4.74 Å². The van der Waals surface area contributed by atoms with Gasteiger partial charge in [0.1, 0.15) is 5.41 Å². The minimum Gasteiger partial charge on any atom is -0.377 e. The Balaban J connectivity index is 2.16. The highest BCUT2D eigenvalue weighted by Crippen LogP contribution is 2.31. The highest BCUT2D eigenvalue weighted by Gasteiger charge is 2.42. The van der Waals surface area contributed by atoms with Gasteiger partial charge in [-0.05, 0) is 12.1 Å². The van der Waals surface area contributed by atoms with E-state index in [1.165, 1.54) is 0 Å². The van der Waals surface area contributed by atoms with Crippen molar-refractivity contribution in [3.8, 4) is 6.07 Å². The first-order chi connectivity index (χ1) is 7.84. The van der Waals surface area contributed by atoms with Crippen LogP contribution in [0, 0.1) is 11.3 Å². The topological polar surface area (TPSA) is 45.9 Å². The third-order valence-corrected chi connectivity index (χ3v) is 3.00. The molecule has 0 aliphatic carbocycles. The Labute approximate surface area is 93.3 Å². The molecule has 1 aromatic carbocycles. The van der Waals surface area contributed by atoms with Crippen molar-refractivity contribution in [2.75, 3.05) is 13.2 Å². The predicted octanol–water partition coefficient (Wildman–Crippen LogP) is 2.03. The molecule has 3 rings (SSSR count). The zero-order valence-corrected chi connectivity index (χ0v) is 8.68. The van der Waals surface area contributed by atoms with Crippen LogP contribution in [-0.4, -0.2) is 18.2 Å². The molecule has 0 spiro atoms. The lowest BCUT2D eigenvalue weighted by molar-refractivity contribution is -0.0316. The van der Waals surface area contributed by atoms with Crippen LogP contribution < -0.4 is 0 Å². The lowest BCUT2D eigenvalue weighted by Gasteiger charge is -2.34. The Morgan fingerprint density at radius 3 is 2.69 bits per heavy atom. The molecular weight excluding hydrogens is 200 g/mol. The maximum Gasteiger partial charge on any atom is 0.145 e. The first-order valence-corrected chi connectivity index (χ1v) is 5.19. The van der Waals surface area contributed by atoms with E-state index in [2.05, 4.69) is 11.1 Å². The lowest BCUT2D eigenvalue weighted by atomic mass is 9.83. The minimum atomic E-state index is -0.524. The van der Waals surface area contributed by atoms with Gasteiger partial charge in [0.25, 0.3) is 0 Å². The molecular formula is C13H10N2O. The highest BCUT2D eigenvalue weighted by atomic mass is 16.5. The van der Waals surface area contributed by atoms with Gasteiger partial charge in [-0.2, -0.15) is 5.26 Å². The van der Waals surface area contributed by atoms with Crippen LogP contribution in [0.15, 0.2) is 36.4 Å². The molecule has 3 nitrogen and oxygen atoms in total. The van der Waals surface area contributed by atoms with Crippen molar-refractivity contribution in [1.82, 2.24) is 4.98 Å². The van der Waals surface area contributed by atoms with E-state index in [1.807, 2.05) is 36.4 Å². The highest BCUT2D eigenvalue weighted by molar-refractivity contribution is 5.78. The predicted molar refractivity (Wildman–Crippen MR) is 59.9 cm³/mol. The van der Waals surface area contributed by atoms with Crippen LogP contribution in [0.2, 0.25) is 0 Å². The first-order valence-electron chi connectivity index (χ1n) is 5.19. The molecule has 0 bridgehead atoms. The molecule has 3 heteroatoms. The van der Waals surface area contributed by atoms with Crippen LogP contribution in [0.25, 0.3) is 10.9 Å². The molecule has 1 aliphatic heterocycles. The number of benzene rings is 1. The van der Waals surface area contributed by atoms with E-state index < -0.39 is 5.41 Å². The van der Waals surface area contributed by atoms with Gasteiger partial charge in [0.15, 0.2) is 0 Å². The van der Waals surface area contributed by atoms with Crippen LogP contribution in [0.1, 0.15) is 5.69 Å². The van der Waals surface area contributed by atoms with Crippen LogP contribution in [0.4, 0.5) is 0 Å². The van der Waals surface area contributed by atoms with Gasteiger partial charge < -0.3 is 4.74 Å². The molecule has 0 unspecified atom stereocenters. The number of pyridine rings is 1. The van der Waals surface area contributed by atoms with E-state index in [4.69, 9.17) is 4.74 Å². The maximum absolute atomic E-state index is 9.19. The van der Waals surface area contributed by atoms with Gasteiger partial charge in [-0.1, -0.05) is 24.3 Å². The number of para-hydroxylation sites is 1. The average Bonchev–Trinajstić information content (AvgIpc) is 2.28. The molecule has 2 aromatic rings. The van der Waals surface area contributed by atoms with Gasteiger partial charge >= 0.3 is 0 Å². The van der Waals surface area contributed by atoms with Crippen molar-refractivity contribution in [2.45, 2.75) is 5.41 Å². The molecule has 0 N–H and O–H groups in total. The van der Waals surface area contributed by atoms with Crippen LogP contribution in [0.5, 0.6) is 0 Å². The Hall–Kier alpha value is -1.92. The van der Waals surface area contributed by atoms with Crippen molar-refractivity contribution in [3.05, 3.63) is 42.1 Å². The fourth-order valence-corrected chi connectivity index (χ4v) is 1.91. The monoisotopic (exact) mass is 210 g/mol. The molecule has 0 amide bonds. The summed E-state index contributed by atoms with van der Waals surface area (Å²) < 4.78 is 5.13. The summed E-state index contributed by atoms with van der Waals surface area (Å²) in [5.41, 5.74) is 1.23. The molecule has 1 aliphatic rings. The van der Waals surface area contributed by atoms with Crippen molar-refractivity contribution in [3.63, 3.8) is 0 Å². The Morgan fingerprint density at radius 1 is 1.19 bits per heavy atom. The molecule has 16 heavy (non-hydrogen) atoms. The van der Waals surface area contributed by atoms with Crippen LogP contribution >= 0.6 is 0 Å². The van der Waals surface area contributed by atoms with E-state index in [0.717, 1.165) is 16.6 Å². The second-order valence-corrected chi connectivity index (χ2v) is 4.08. The number of hydrogen-bond donors (Lipinski definition) is 0. The molecule has 78 valence electrons. The normalized spacial score (nSPS) is 17.7. The van der Waals surface area contributed by atoms with E-state index >= 15 is 0 Å². The Morgan fingerprint density at radius 2 is 2.00 bits per heavy atom. The number of fused-ring (bicyclic) bond motifs is 1. The average molecular weight is 210 g/mol. The van der Waals surface area contributed by atoms with E-state index in [0.29, 0.717) is 13.2 Å². The summed E-state index contributed by atoms with van der Waals surface area (Å²) in [4.78, 5) is 4.54. The van der Waals surface area contributed by atoms with Crippen LogP contribution in [0.3, 0.4) is 0 Å². The minimum absolute atomic E-state index is 0.453. The smallest absolute Gasteiger partial charge is 0.145 e. The second-order valence-electron chi connectivity index (χ2n) is 4.08. The fraction of sp³-hybridized carbons (Fsp3) is 0.231. The summed E-state index contributed by atoms with van der Waals surface area (Å²) in [7, 11) is 0. The number of rotatable bonds is 1. The summed E-state index contributed by atoms with van der Waals surface area (Å²) in [5, 5.41) is 10.3. The largest absolute Gasteiger partial charge is 0.377 e.